The van der Waals surface area contributed by atoms with Gasteiger partial charge in [0.15, 0.2) is 5.96 Å². The van der Waals surface area contributed by atoms with Gasteiger partial charge >= 0.3 is 0 Å². The van der Waals surface area contributed by atoms with E-state index >= 15 is 0 Å². The number of hydrogen-bond acceptors (Lipinski definition) is 4. The van der Waals surface area contributed by atoms with E-state index in [0.717, 1.165) is 17.7 Å². The second-order valence-corrected chi connectivity index (χ2v) is 6.34. The van der Waals surface area contributed by atoms with Gasteiger partial charge in [0.25, 0.3) is 5.91 Å². The van der Waals surface area contributed by atoms with Crippen LogP contribution in [0, 0.1) is 0 Å². The number of aromatic nitrogens is 1. The van der Waals surface area contributed by atoms with Gasteiger partial charge in [-0.25, -0.2) is 4.98 Å². The van der Waals surface area contributed by atoms with Crippen LogP contribution in [0.5, 0.6) is 0 Å². The summed E-state index contributed by atoms with van der Waals surface area (Å²) in [5.41, 5.74) is 2.40. The number of carbonyl (C=O) groups is 1. The second-order valence-electron chi connectivity index (χ2n) is 6.34. The van der Waals surface area contributed by atoms with E-state index in [1.165, 1.54) is 0 Å². The van der Waals surface area contributed by atoms with E-state index in [0.29, 0.717) is 37.0 Å². The maximum absolute atomic E-state index is 12.0. The zero-order valence-electron chi connectivity index (χ0n) is 16.4. The number of carbonyl (C=O) groups excluding carboxylic acids is 1. The highest BCUT2D eigenvalue weighted by Crippen LogP contribution is 2.17. The predicted molar refractivity (Wildman–Crippen MR) is 114 cm³/mol. The Balaban J connectivity index is 1.36. The third kappa shape index (κ3) is 6.21. The average Bonchev–Trinajstić information content (AvgIpc) is 3.26. The number of rotatable bonds is 8. The van der Waals surface area contributed by atoms with E-state index in [-0.39, 0.29) is 5.91 Å². The summed E-state index contributed by atoms with van der Waals surface area (Å²) in [4.78, 5) is 20.7. The lowest BCUT2D eigenvalue weighted by molar-refractivity contribution is 0.0953. The Morgan fingerprint density at radius 1 is 0.966 bits per heavy atom. The quantitative estimate of drug-likeness (QED) is 0.312. The van der Waals surface area contributed by atoms with Crippen molar-refractivity contribution < 1.29 is 9.21 Å². The molecule has 0 aliphatic heterocycles. The Kier molecular flexibility index (Phi) is 7.40. The Morgan fingerprint density at radius 2 is 1.66 bits per heavy atom. The molecular weight excluding hydrogens is 366 g/mol. The number of hydrogen-bond donors (Lipinski definition) is 3. The number of benzene rings is 2. The number of oxazole rings is 1. The first kappa shape index (κ1) is 20.1. The van der Waals surface area contributed by atoms with Crippen molar-refractivity contribution in [1.82, 2.24) is 20.9 Å². The Bertz CT molecular complexity index is 923. The molecule has 0 aliphatic rings. The first-order chi connectivity index (χ1) is 14.3. The maximum Gasteiger partial charge on any atom is 0.251 e. The second kappa shape index (κ2) is 10.7. The molecule has 0 saturated carbocycles. The summed E-state index contributed by atoms with van der Waals surface area (Å²) in [5.74, 6) is 1.21. The molecule has 0 unspecified atom stereocenters. The van der Waals surface area contributed by atoms with Gasteiger partial charge in [0.2, 0.25) is 5.89 Å². The summed E-state index contributed by atoms with van der Waals surface area (Å²) in [6.07, 6.45) is 2.42. The summed E-state index contributed by atoms with van der Waals surface area (Å²) in [6.45, 7) is 1.77. The minimum atomic E-state index is -0.0617. The van der Waals surface area contributed by atoms with Gasteiger partial charge < -0.3 is 20.4 Å². The lowest BCUT2D eigenvalue weighted by Crippen LogP contribution is -2.38. The summed E-state index contributed by atoms with van der Waals surface area (Å²) in [6, 6.07) is 19.0. The Labute approximate surface area is 170 Å². The fourth-order valence-corrected chi connectivity index (χ4v) is 2.69. The molecule has 1 heterocycles. The molecule has 0 aliphatic carbocycles. The number of nitrogens with zero attached hydrogens (tertiary/aromatic N) is 2. The van der Waals surface area contributed by atoms with Crippen molar-refractivity contribution in [3.8, 4) is 11.5 Å². The first-order valence-electron chi connectivity index (χ1n) is 9.54. The molecule has 2 aromatic carbocycles. The van der Waals surface area contributed by atoms with Gasteiger partial charge in [-0.2, -0.15) is 0 Å². The number of nitrogens with one attached hydrogen (secondary N) is 3. The van der Waals surface area contributed by atoms with Crippen molar-refractivity contribution in [3.63, 3.8) is 0 Å². The van der Waals surface area contributed by atoms with Crippen LogP contribution in [0.3, 0.4) is 0 Å². The number of aliphatic imine (C=N–C) groups is 1. The van der Waals surface area contributed by atoms with Gasteiger partial charge in [-0.05, 0) is 30.7 Å². The molecule has 0 radical (unpaired) electrons. The molecule has 0 atom stereocenters. The van der Waals surface area contributed by atoms with Crippen molar-refractivity contribution >= 4 is 11.9 Å². The van der Waals surface area contributed by atoms with Crippen LogP contribution in [0.2, 0.25) is 0 Å². The van der Waals surface area contributed by atoms with Gasteiger partial charge in [0.05, 0.1) is 12.2 Å². The number of amides is 1. The molecule has 1 amide bonds. The lowest BCUT2D eigenvalue weighted by Gasteiger charge is -2.11. The molecule has 7 nitrogen and oxygen atoms in total. The molecule has 0 saturated heterocycles. The highest BCUT2D eigenvalue weighted by molar-refractivity contribution is 5.94. The largest absolute Gasteiger partial charge is 0.444 e. The van der Waals surface area contributed by atoms with Crippen molar-refractivity contribution in [3.05, 3.63) is 78.2 Å². The normalized spacial score (nSPS) is 11.1. The molecule has 150 valence electrons. The highest BCUT2D eigenvalue weighted by atomic mass is 16.3. The van der Waals surface area contributed by atoms with E-state index in [9.17, 15) is 4.79 Å². The molecule has 0 fully saturated rings. The van der Waals surface area contributed by atoms with Crippen LogP contribution in [0.25, 0.3) is 11.5 Å². The third-order valence-corrected chi connectivity index (χ3v) is 4.20. The summed E-state index contributed by atoms with van der Waals surface area (Å²) < 4.78 is 5.54. The monoisotopic (exact) mass is 391 g/mol. The third-order valence-electron chi connectivity index (χ3n) is 4.20. The zero-order valence-corrected chi connectivity index (χ0v) is 16.4. The molecule has 29 heavy (non-hydrogen) atoms. The summed E-state index contributed by atoms with van der Waals surface area (Å²) >= 11 is 0. The molecule has 7 heteroatoms. The fourth-order valence-electron chi connectivity index (χ4n) is 2.69. The minimum Gasteiger partial charge on any atom is -0.444 e. The van der Waals surface area contributed by atoms with E-state index in [2.05, 4.69) is 25.9 Å². The predicted octanol–water partition coefficient (Wildman–Crippen LogP) is 2.83. The smallest absolute Gasteiger partial charge is 0.251 e. The minimum absolute atomic E-state index is 0.0617. The van der Waals surface area contributed by atoms with Crippen molar-refractivity contribution in [2.75, 3.05) is 20.1 Å². The van der Waals surface area contributed by atoms with Crippen LogP contribution in [-0.2, 0) is 6.54 Å². The molecule has 0 spiro atoms. The van der Waals surface area contributed by atoms with Gasteiger partial charge in [-0.15, -0.1) is 0 Å². The van der Waals surface area contributed by atoms with Gasteiger partial charge in [-0.1, -0.05) is 36.4 Å². The van der Waals surface area contributed by atoms with Gasteiger partial charge in [0, 0.05) is 31.3 Å². The van der Waals surface area contributed by atoms with Crippen LogP contribution in [0.15, 0.2) is 76.3 Å². The van der Waals surface area contributed by atoms with Crippen LogP contribution < -0.4 is 16.0 Å². The summed E-state index contributed by atoms with van der Waals surface area (Å²) in [5, 5.41) is 9.33. The Morgan fingerprint density at radius 3 is 2.38 bits per heavy atom. The molecule has 3 N–H and O–H groups in total. The first-order valence-corrected chi connectivity index (χ1v) is 9.54. The molecule has 3 aromatic rings. The maximum atomic E-state index is 12.0. The molecule has 1 aromatic heterocycles. The highest BCUT2D eigenvalue weighted by Gasteiger charge is 2.07. The summed E-state index contributed by atoms with van der Waals surface area (Å²) in [7, 11) is 1.71. The topological polar surface area (TPSA) is 91.5 Å². The number of guanidine groups is 1. The van der Waals surface area contributed by atoms with Crippen LogP contribution in [0.1, 0.15) is 22.5 Å². The Hall–Kier alpha value is -3.61. The fraction of sp³-hybridized carbons (Fsp3) is 0.227. The van der Waals surface area contributed by atoms with E-state index in [1.807, 2.05) is 48.5 Å². The van der Waals surface area contributed by atoms with Crippen LogP contribution in [0.4, 0.5) is 0 Å². The molecular formula is C22H25N5O2. The van der Waals surface area contributed by atoms with Crippen LogP contribution >= 0.6 is 0 Å². The van der Waals surface area contributed by atoms with E-state index in [1.54, 1.807) is 25.4 Å². The van der Waals surface area contributed by atoms with Gasteiger partial charge in [0.1, 0.15) is 6.26 Å². The van der Waals surface area contributed by atoms with Crippen molar-refractivity contribution in [1.29, 1.82) is 0 Å². The lowest BCUT2D eigenvalue weighted by atomic mass is 10.2. The standard InChI is InChI=1S/C22H25N5O2/c1-23-22(25-14-8-13-24-20(28)17-9-4-2-5-10-17)26-15-19-16-29-21(27-19)18-11-6-3-7-12-18/h2-7,9-12,16H,8,13-15H2,1H3,(H,24,28)(H2,23,25,26). The van der Waals surface area contributed by atoms with Crippen molar-refractivity contribution in [2.45, 2.75) is 13.0 Å². The molecule has 0 bridgehead atoms. The van der Waals surface area contributed by atoms with E-state index in [4.69, 9.17) is 4.42 Å². The molecule has 3 rings (SSSR count). The van der Waals surface area contributed by atoms with Gasteiger partial charge in [-0.3, -0.25) is 9.79 Å². The van der Waals surface area contributed by atoms with Crippen molar-refractivity contribution in [2.24, 2.45) is 4.99 Å². The zero-order chi connectivity index (χ0) is 20.3. The van der Waals surface area contributed by atoms with E-state index < -0.39 is 0 Å². The van der Waals surface area contributed by atoms with Crippen LogP contribution in [-0.4, -0.2) is 37.0 Å². The average molecular weight is 391 g/mol. The SMILES string of the molecule is CN=C(NCCCNC(=O)c1ccccc1)NCc1coc(-c2ccccc2)n1.